The standard InChI is InChI=1S/C23H26N4O2S/c1-2-27-21(15-29-20-13-12-17-8-6-7-9-18(17)14-20)25-26-23(27)30-16-22(28)24-19-10-4-3-5-11-19/h3-5,10-14H,2,6-9,15-16H2,1H3,(H,24,28). The van der Waals surface area contributed by atoms with Gasteiger partial charge in [-0.05, 0) is 68.0 Å². The zero-order valence-electron chi connectivity index (χ0n) is 17.1. The predicted molar refractivity (Wildman–Crippen MR) is 119 cm³/mol. The first kappa shape index (κ1) is 20.5. The van der Waals surface area contributed by atoms with Crippen LogP contribution in [0.4, 0.5) is 5.69 Å². The van der Waals surface area contributed by atoms with Crippen LogP contribution in [0.3, 0.4) is 0 Å². The number of anilines is 1. The Hall–Kier alpha value is -2.80. The summed E-state index contributed by atoms with van der Waals surface area (Å²) in [6.07, 6.45) is 4.82. The van der Waals surface area contributed by atoms with Crippen molar-refractivity contribution in [1.29, 1.82) is 0 Å². The maximum atomic E-state index is 12.2. The first-order valence-corrected chi connectivity index (χ1v) is 11.4. The van der Waals surface area contributed by atoms with Crippen LogP contribution >= 0.6 is 11.8 Å². The number of ether oxygens (including phenoxy) is 1. The molecule has 0 atom stereocenters. The predicted octanol–water partition coefficient (Wildman–Crippen LogP) is 4.49. The average molecular weight is 423 g/mol. The van der Waals surface area contributed by atoms with Gasteiger partial charge in [-0.25, -0.2) is 0 Å². The molecule has 3 aromatic rings. The highest BCUT2D eigenvalue weighted by atomic mass is 32.2. The van der Waals surface area contributed by atoms with Crippen molar-refractivity contribution in [2.24, 2.45) is 0 Å². The van der Waals surface area contributed by atoms with Crippen LogP contribution < -0.4 is 10.1 Å². The summed E-state index contributed by atoms with van der Waals surface area (Å²) in [7, 11) is 0. The molecule has 2 aromatic carbocycles. The molecule has 0 fully saturated rings. The Morgan fingerprint density at radius 2 is 1.90 bits per heavy atom. The zero-order valence-corrected chi connectivity index (χ0v) is 18.0. The minimum absolute atomic E-state index is 0.0660. The van der Waals surface area contributed by atoms with Crippen LogP contribution in [0.1, 0.15) is 36.7 Å². The molecule has 0 aliphatic heterocycles. The Morgan fingerprint density at radius 1 is 1.10 bits per heavy atom. The molecule has 0 saturated carbocycles. The minimum atomic E-state index is -0.0660. The molecular weight excluding hydrogens is 396 g/mol. The zero-order chi connectivity index (χ0) is 20.8. The second-order valence-corrected chi connectivity index (χ2v) is 8.21. The van der Waals surface area contributed by atoms with Gasteiger partial charge >= 0.3 is 0 Å². The Bertz CT molecular complexity index is 1000. The number of aryl methyl sites for hydroxylation is 2. The molecule has 0 radical (unpaired) electrons. The minimum Gasteiger partial charge on any atom is -0.486 e. The van der Waals surface area contributed by atoms with Gasteiger partial charge in [-0.3, -0.25) is 4.79 Å². The van der Waals surface area contributed by atoms with Crippen LogP contribution in [0.2, 0.25) is 0 Å². The topological polar surface area (TPSA) is 69.0 Å². The van der Waals surface area contributed by atoms with Crippen molar-refractivity contribution < 1.29 is 9.53 Å². The number of hydrogen-bond acceptors (Lipinski definition) is 5. The smallest absolute Gasteiger partial charge is 0.234 e. The van der Waals surface area contributed by atoms with Gasteiger partial charge in [0.05, 0.1) is 5.75 Å². The monoisotopic (exact) mass is 422 g/mol. The largest absolute Gasteiger partial charge is 0.486 e. The van der Waals surface area contributed by atoms with E-state index in [1.165, 1.54) is 35.7 Å². The number of nitrogens with zero attached hydrogens (tertiary/aromatic N) is 3. The summed E-state index contributed by atoms with van der Waals surface area (Å²) < 4.78 is 8.01. The molecule has 6 nitrogen and oxygen atoms in total. The average Bonchev–Trinajstić information content (AvgIpc) is 3.18. The molecule has 30 heavy (non-hydrogen) atoms. The lowest BCUT2D eigenvalue weighted by atomic mass is 9.92. The molecule has 0 bridgehead atoms. The molecule has 0 unspecified atom stereocenters. The molecule has 7 heteroatoms. The lowest BCUT2D eigenvalue weighted by molar-refractivity contribution is -0.113. The third-order valence-electron chi connectivity index (χ3n) is 5.19. The molecule has 1 aliphatic carbocycles. The summed E-state index contributed by atoms with van der Waals surface area (Å²) in [6.45, 7) is 3.12. The van der Waals surface area contributed by atoms with E-state index in [1.807, 2.05) is 47.9 Å². The van der Waals surface area contributed by atoms with Crippen LogP contribution in [0.25, 0.3) is 0 Å². The van der Waals surface area contributed by atoms with Crippen molar-refractivity contribution in [1.82, 2.24) is 14.8 Å². The van der Waals surface area contributed by atoms with Crippen molar-refractivity contribution in [2.75, 3.05) is 11.1 Å². The van der Waals surface area contributed by atoms with Gasteiger partial charge in [-0.2, -0.15) is 0 Å². The molecule has 156 valence electrons. The Labute approximate surface area is 181 Å². The second-order valence-electron chi connectivity index (χ2n) is 7.27. The van der Waals surface area contributed by atoms with Crippen LogP contribution in [0.15, 0.2) is 53.7 Å². The number of nitrogens with one attached hydrogen (secondary N) is 1. The molecule has 1 N–H and O–H groups in total. The van der Waals surface area contributed by atoms with E-state index in [1.54, 1.807) is 0 Å². The van der Waals surface area contributed by atoms with E-state index in [0.717, 1.165) is 41.8 Å². The van der Waals surface area contributed by atoms with Crippen molar-refractivity contribution in [3.05, 3.63) is 65.5 Å². The number of thioether (sulfide) groups is 1. The second kappa shape index (κ2) is 9.80. The summed E-state index contributed by atoms with van der Waals surface area (Å²) in [5.74, 6) is 1.85. The van der Waals surface area contributed by atoms with Crippen molar-refractivity contribution in [3.63, 3.8) is 0 Å². The fraction of sp³-hybridized carbons (Fsp3) is 0.348. The van der Waals surface area contributed by atoms with Crippen molar-refractivity contribution in [2.45, 2.75) is 50.9 Å². The summed E-state index contributed by atoms with van der Waals surface area (Å²) >= 11 is 1.38. The first-order valence-electron chi connectivity index (χ1n) is 10.4. The van der Waals surface area contributed by atoms with E-state index in [2.05, 4.69) is 27.6 Å². The maximum absolute atomic E-state index is 12.2. The number of fused-ring (bicyclic) bond motifs is 1. The van der Waals surface area contributed by atoms with Crippen LogP contribution in [0, 0.1) is 0 Å². The molecule has 0 saturated heterocycles. The number of carbonyl (C=O) groups is 1. The van der Waals surface area contributed by atoms with E-state index in [4.69, 9.17) is 4.74 Å². The Kier molecular flexibility index (Phi) is 6.69. The van der Waals surface area contributed by atoms with Crippen LogP contribution in [0.5, 0.6) is 5.75 Å². The molecule has 4 rings (SSSR count). The Balaban J connectivity index is 1.34. The van der Waals surface area contributed by atoms with E-state index in [0.29, 0.717) is 6.61 Å². The van der Waals surface area contributed by atoms with Gasteiger partial charge in [-0.15, -0.1) is 10.2 Å². The highest BCUT2D eigenvalue weighted by molar-refractivity contribution is 7.99. The number of para-hydroxylation sites is 1. The Morgan fingerprint density at radius 3 is 2.70 bits per heavy atom. The highest BCUT2D eigenvalue weighted by Gasteiger charge is 2.15. The molecular formula is C23H26N4O2S. The summed E-state index contributed by atoms with van der Waals surface area (Å²) in [5, 5.41) is 12.2. The van der Waals surface area contributed by atoms with Gasteiger partial charge < -0.3 is 14.6 Å². The molecule has 1 aliphatic rings. The maximum Gasteiger partial charge on any atom is 0.234 e. The fourth-order valence-corrected chi connectivity index (χ4v) is 4.47. The normalized spacial score (nSPS) is 13.0. The number of aromatic nitrogens is 3. The van der Waals surface area contributed by atoms with Crippen LogP contribution in [-0.4, -0.2) is 26.4 Å². The van der Waals surface area contributed by atoms with Crippen molar-refractivity contribution >= 4 is 23.4 Å². The molecule has 1 amide bonds. The highest BCUT2D eigenvalue weighted by Crippen LogP contribution is 2.26. The SMILES string of the molecule is CCn1c(COc2ccc3c(c2)CCCC3)nnc1SCC(=O)Nc1ccccc1. The number of benzene rings is 2. The van der Waals surface area contributed by atoms with Crippen molar-refractivity contribution in [3.8, 4) is 5.75 Å². The van der Waals surface area contributed by atoms with E-state index in [9.17, 15) is 4.79 Å². The summed E-state index contributed by atoms with van der Waals surface area (Å²) in [4.78, 5) is 12.2. The first-order chi connectivity index (χ1) is 14.7. The van der Waals surface area contributed by atoms with Gasteiger partial charge in [0.2, 0.25) is 5.91 Å². The lowest BCUT2D eigenvalue weighted by Crippen LogP contribution is -2.14. The molecule has 1 heterocycles. The van der Waals surface area contributed by atoms with Crippen LogP contribution in [-0.2, 0) is 30.8 Å². The number of amides is 1. The van der Waals surface area contributed by atoms with E-state index >= 15 is 0 Å². The summed E-state index contributed by atoms with van der Waals surface area (Å²) in [6, 6.07) is 15.8. The third-order valence-corrected chi connectivity index (χ3v) is 6.15. The quantitative estimate of drug-likeness (QED) is 0.542. The van der Waals surface area contributed by atoms with Gasteiger partial charge in [0.15, 0.2) is 11.0 Å². The van der Waals surface area contributed by atoms with Gasteiger partial charge in [0, 0.05) is 12.2 Å². The van der Waals surface area contributed by atoms with E-state index in [-0.39, 0.29) is 11.7 Å². The molecule has 1 aromatic heterocycles. The number of carbonyl (C=O) groups excluding carboxylic acids is 1. The van der Waals surface area contributed by atoms with Gasteiger partial charge in [0.1, 0.15) is 12.4 Å². The summed E-state index contributed by atoms with van der Waals surface area (Å²) in [5.41, 5.74) is 3.63. The fourth-order valence-electron chi connectivity index (χ4n) is 3.65. The van der Waals surface area contributed by atoms with E-state index < -0.39 is 0 Å². The third kappa shape index (κ3) is 5.02. The number of hydrogen-bond donors (Lipinski definition) is 1. The molecule has 0 spiro atoms. The lowest BCUT2D eigenvalue weighted by Gasteiger charge is -2.16. The van der Waals surface area contributed by atoms with Gasteiger partial charge in [-0.1, -0.05) is 36.0 Å². The number of rotatable bonds is 8. The van der Waals surface area contributed by atoms with Gasteiger partial charge in [0.25, 0.3) is 0 Å².